The summed E-state index contributed by atoms with van der Waals surface area (Å²) in [7, 11) is 0. The number of carboxylic acids is 1. The third kappa shape index (κ3) is 3.17. The van der Waals surface area contributed by atoms with E-state index in [1.54, 1.807) is 0 Å². The minimum absolute atomic E-state index is 0.0575. The number of carboxylic acid groups (broad SMARTS) is 1. The minimum atomic E-state index is -0.815. The molecule has 3 nitrogen and oxygen atoms in total. The molecule has 0 amide bonds. The van der Waals surface area contributed by atoms with Crippen LogP contribution in [0.2, 0.25) is 0 Å². The first-order chi connectivity index (χ1) is 8.15. The molecule has 0 aromatic heterocycles. The lowest BCUT2D eigenvalue weighted by atomic mass is 9.92. The molecule has 0 saturated carbocycles. The summed E-state index contributed by atoms with van der Waals surface area (Å²) in [5.74, 6) is -0.815. The van der Waals surface area contributed by atoms with Crippen LogP contribution in [0.4, 0.5) is 0 Å². The van der Waals surface area contributed by atoms with E-state index in [0.717, 1.165) is 36.0 Å². The van der Waals surface area contributed by atoms with E-state index in [1.807, 2.05) is 30.3 Å². The molecule has 0 saturated heterocycles. The van der Waals surface area contributed by atoms with Gasteiger partial charge in [-0.15, -0.1) is 0 Å². The standard InChI is InChI=1S/C14H16O3/c15-13-3-1-2-12(9-13)11-6-4-10(5-7-11)8-14(16)17/h4-7,9,13,15H,1-3,8H2,(H,16,17). The first-order valence-corrected chi connectivity index (χ1v) is 5.85. The van der Waals surface area contributed by atoms with E-state index in [-0.39, 0.29) is 12.5 Å². The Balaban J connectivity index is 2.15. The Morgan fingerprint density at radius 3 is 2.59 bits per heavy atom. The maximum absolute atomic E-state index is 10.6. The van der Waals surface area contributed by atoms with Gasteiger partial charge in [0.25, 0.3) is 0 Å². The lowest BCUT2D eigenvalue weighted by molar-refractivity contribution is -0.136. The minimum Gasteiger partial charge on any atom is -0.481 e. The first-order valence-electron chi connectivity index (χ1n) is 5.85. The number of hydrogen-bond donors (Lipinski definition) is 2. The topological polar surface area (TPSA) is 57.5 Å². The van der Waals surface area contributed by atoms with Gasteiger partial charge in [0.05, 0.1) is 12.5 Å². The average molecular weight is 232 g/mol. The van der Waals surface area contributed by atoms with Crippen molar-refractivity contribution in [3.8, 4) is 0 Å². The molecule has 1 aromatic carbocycles. The number of allylic oxidation sites excluding steroid dienone is 1. The number of aliphatic hydroxyl groups excluding tert-OH is 1. The van der Waals surface area contributed by atoms with Crippen LogP contribution in [-0.2, 0) is 11.2 Å². The Labute approximate surface area is 100 Å². The van der Waals surface area contributed by atoms with E-state index in [4.69, 9.17) is 5.11 Å². The largest absolute Gasteiger partial charge is 0.481 e. The monoisotopic (exact) mass is 232 g/mol. The van der Waals surface area contributed by atoms with E-state index in [1.165, 1.54) is 0 Å². The highest BCUT2D eigenvalue weighted by Gasteiger charge is 2.12. The van der Waals surface area contributed by atoms with Crippen molar-refractivity contribution < 1.29 is 15.0 Å². The third-order valence-corrected chi connectivity index (χ3v) is 3.02. The maximum atomic E-state index is 10.6. The molecule has 2 rings (SSSR count). The second-order valence-electron chi connectivity index (χ2n) is 4.42. The number of carbonyl (C=O) groups is 1. The van der Waals surface area contributed by atoms with Crippen molar-refractivity contribution in [3.63, 3.8) is 0 Å². The molecule has 0 fully saturated rings. The van der Waals surface area contributed by atoms with Crippen molar-refractivity contribution in [1.29, 1.82) is 0 Å². The normalized spacial score (nSPS) is 19.8. The fourth-order valence-corrected chi connectivity index (χ4v) is 2.15. The van der Waals surface area contributed by atoms with Crippen LogP contribution in [0.25, 0.3) is 5.57 Å². The van der Waals surface area contributed by atoms with Crippen molar-refractivity contribution >= 4 is 11.5 Å². The van der Waals surface area contributed by atoms with Crippen LogP contribution in [-0.4, -0.2) is 22.3 Å². The number of aliphatic hydroxyl groups is 1. The SMILES string of the molecule is O=C(O)Cc1ccc(C2=CC(O)CCC2)cc1. The molecule has 0 aliphatic heterocycles. The smallest absolute Gasteiger partial charge is 0.307 e. The van der Waals surface area contributed by atoms with Gasteiger partial charge in [-0.1, -0.05) is 30.3 Å². The quantitative estimate of drug-likeness (QED) is 0.840. The predicted octanol–water partition coefficient (Wildman–Crippen LogP) is 2.24. The fourth-order valence-electron chi connectivity index (χ4n) is 2.15. The van der Waals surface area contributed by atoms with Gasteiger partial charge in [0.2, 0.25) is 0 Å². The molecule has 2 N–H and O–H groups in total. The molecule has 1 aromatic rings. The number of aliphatic carboxylic acids is 1. The highest BCUT2D eigenvalue weighted by atomic mass is 16.4. The zero-order chi connectivity index (χ0) is 12.3. The highest BCUT2D eigenvalue weighted by molar-refractivity contribution is 5.71. The van der Waals surface area contributed by atoms with E-state index < -0.39 is 5.97 Å². The van der Waals surface area contributed by atoms with Crippen LogP contribution in [0.3, 0.4) is 0 Å². The zero-order valence-electron chi connectivity index (χ0n) is 9.60. The van der Waals surface area contributed by atoms with Crippen LogP contribution in [0.1, 0.15) is 30.4 Å². The molecular formula is C14H16O3. The van der Waals surface area contributed by atoms with E-state index in [0.29, 0.717) is 0 Å². The van der Waals surface area contributed by atoms with Gasteiger partial charge in [0.1, 0.15) is 0 Å². The zero-order valence-corrected chi connectivity index (χ0v) is 9.60. The van der Waals surface area contributed by atoms with Crippen LogP contribution < -0.4 is 0 Å². The van der Waals surface area contributed by atoms with Gasteiger partial charge in [0, 0.05) is 0 Å². The van der Waals surface area contributed by atoms with Crippen molar-refractivity contribution in [3.05, 3.63) is 41.5 Å². The van der Waals surface area contributed by atoms with Crippen molar-refractivity contribution in [2.75, 3.05) is 0 Å². The summed E-state index contributed by atoms with van der Waals surface area (Å²) in [5, 5.41) is 18.2. The first kappa shape index (κ1) is 11.9. The molecule has 0 bridgehead atoms. The maximum Gasteiger partial charge on any atom is 0.307 e. The Hall–Kier alpha value is -1.61. The molecular weight excluding hydrogens is 216 g/mol. The van der Waals surface area contributed by atoms with Gasteiger partial charge in [0.15, 0.2) is 0 Å². The highest BCUT2D eigenvalue weighted by Crippen LogP contribution is 2.27. The van der Waals surface area contributed by atoms with Crippen LogP contribution in [0.5, 0.6) is 0 Å². The van der Waals surface area contributed by atoms with Gasteiger partial charge >= 0.3 is 5.97 Å². The van der Waals surface area contributed by atoms with Crippen molar-refractivity contribution in [2.24, 2.45) is 0 Å². The third-order valence-electron chi connectivity index (χ3n) is 3.02. The molecule has 90 valence electrons. The lowest BCUT2D eigenvalue weighted by Crippen LogP contribution is -2.08. The summed E-state index contributed by atoms with van der Waals surface area (Å²) in [4.78, 5) is 10.6. The number of benzene rings is 1. The lowest BCUT2D eigenvalue weighted by Gasteiger charge is -2.17. The molecule has 1 aliphatic carbocycles. The molecule has 3 heteroatoms. The second-order valence-corrected chi connectivity index (χ2v) is 4.42. The molecule has 0 heterocycles. The Bertz CT molecular complexity index is 431. The molecule has 1 aliphatic rings. The number of rotatable bonds is 3. The van der Waals surface area contributed by atoms with Crippen LogP contribution >= 0.6 is 0 Å². The summed E-state index contributed by atoms with van der Waals surface area (Å²) in [6.07, 6.45) is 4.44. The molecule has 0 spiro atoms. The molecule has 1 unspecified atom stereocenters. The summed E-state index contributed by atoms with van der Waals surface area (Å²) in [6, 6.07) is 7.54. The Kier molecular flexibility index (Phi) is 3.59. The van der Waals surface area contributed by atoms with Crippen molar-refractivity contribution in [2.45, 2.75) is 31.8 Å². The van der Waals surface area contributed by atoms with Gasteiger partial charge in [-0.05, 0) is 36.0 Å². The summed E-state index contributed by atoms with van der Waals surface area (Å²) >= 11 is 0. The summed E-state index contributed by atoms with van der Waals surface area (Å²) < 4.78 is 0. The second kappa shape index (κ2) is 5.15. The number of hydrogen-bond acceptors (Lipinski definition) is 2. The van der Waals surface area contributed by atoms with E-state index >= 15 is 0 Å². The van der Waals surface area contributed by atoms with Gasteiger partial charge in [-0.25, -0.2) is 0 Å². The van der Waals surface area contributed by atoms with E-state index in [2.05, 4.69) is 0 Å². The summed E-state index contributed by atoms with van der Waals surface area (Å²) in [5.41, 5.74) is 3.04. The van der Waals surface area contributed by atoms with E-state index in [9.17, 15) is 9.90 Å². The predicted molar refractivity (Wildman–Crippen MR) is 65.6 cm³/mol. The molecule has 0 radical (unpaired) electrons. The van der Waals surface area contributed by atoms with Gasteiger partial charge < -0.3 is 10.2 Å². The Morgan fingerprint density at radius 2 is 2.00 bits per heavy atom. The van der Waals surface area contributed by atoms with Crippen LogP contribution in [0.15, 0.2) is 30.3 Å². The molecule has 1 atom stereocenters. The fraction of sp³-hybridized carbons (Fsp3) is 0.357. The van der Waals surface area contributed by atoms with Gasteiger partial charge in [-0.2, -0.15) is 0 Å². The summed E-state index contributed by atoms with van der Waals surface area (Å²) in [6.45, 7) is 0. The molecule has 17 heavy (non-hydrogen) atoms. The van der Waals surface area contributed by atoms with Gasteiger partial charge in [-0.3, -0.25) is 4.79 Å². The van der Waals surface area contributed by atoms with Crippen molar-refractivity contribution in [1.82, 2.24) is 0 Å². The van der Waals surface area contributed by atoms with Crippen LogP contribution in [0, 0.1) is 0 Å². The Morgan fingerprint density at radius 1 is 1.29 bits per heavy atom. The average Bonchev–Trinajstić information content (AvgIpc) is 2.29.